The molecule has 7 heteroatoms. The van der Waals surface area contributed by atoms with Crippen molar-refractivity contribution in [2.75, 3.05) is 37.6 Å². The molecule has 0 radical (unpaired) electrons. The maximum absolute atomic E-state index is 12.2. The normalized spacial score (nSPS) is 23.2. The number of hydrogen-bond donors (Lipinski definition) is 1. The highest BCUT2D eigenvalue weighted by molar-refractivity contribution is 6.00. The molecular formula is C25H36N4O3. The van der Waals surface area contributed by atoms with Crippen LogP contribution in [0, 0.1) is 12.8 Å². The maximum atomic E-state index is 12.2. The smallest absolute Gasteiger partial charge is 0.249 e. The summed E-state index contributed by atoms with van der Waals surface area (Å²) < 4.78 is 0. The van der Waals surface area contributed by atoms with Crippen LogP contribution in [0.5, 0.6) is 0 Å². The number of rotatable bonds is 7. The van der Waals surface area contributed by atoms with Gasteiger partial charge in [-0.1, -0.05) is 25.3 Å². The highest BCUT2D eigenvalue weighted by Crippen LogP contribution is 2.26. The van der Waals surface area contributed by atoms with E-state index in [1.807, 2.05) is 6.92 Å². The van der Waals surface area contributed by atoms with E-state index in [4.69, 9.17) is 0 Å². The molecule has 4 rings (SSSR count). The summed E-state index contributed by atoms with van der Waals surface area (Å²) in [5.74, 6) is 0.233. The van der Waals surface area contributed by atoms with Crippen molar-refractivity contribution in [1.29, 1.82) is 0 Å². The number of amides is 3. The molecule has 1 saturated carbocycles. The number of piperazine rings is 1. The number of aryl methyl sites for hydroxylation is 1. The topological polar surface area (TPSA) is 73.0 Å². The minimum absolute atomic E-state index is 0.266. The minimum atomic E-state index is -0.586. The minimum Gasteiger partial charge on any atom is -0.369 e. The third-order valence-electron chi connectivity index (χ3n) is 7.41. The monoisotopic (exact) mass is 440 g/mol. The van der Waals surface area contributed by atoms with Crippen LogP contribution in [0.3, 0.4) is 0 Å². The molecule has 3 aliphatic rings. The molecule has 2 aliphatic heterocycles. The lowest BCUT2D eigenvalue weighted by molar-refractivity contribution is -0.141. The third-order valence-corrected chi connectivity index (χ3v) is 7.41. The number of benzene rings is 1. The average molecular weight is 441 g/mol. The number of piperidine rings is 1. The van der Waals surface area contributed by atoms with Gasteiger partial charge in [0.2, 0.25) is 18.2 Å². The molecule has 1 aliphatic carbocycles. The van der Waals surface area contributed by atoms with Gasteiger partial charge in [0.15, 0.2) is 0 Å². The summed E-state index contributed by atoms with van der Waals surface area (Å²) >= 11 is 0. The summed E-state index contributed by atoms with van der Waals surface area (Å²) in [5, 5.41) is 2.35. The lowest BCUT2D eigenvalue weighted by Crippen LogP contribution is -2.51. The Labute approximate surface area is 191 Å². The maximum Gasteiger partial charge on any atom is 0.249 e. The Kier molecular flexibility index (Phi) is 7.45. The van der Waals surface area contributed by atoms with E-state index in [9.17, 15) is 14.4 Å². The van der Waals surface area contributed by atoms with Gasteiger partial charge in [-0.3, -0.25) is 24.6 Å². The summed E-state index contributed by atoms with van der Waals surface area (Å²) in [5.41, 5.74) is 3.32. The van der Waals surface area contributed by atoms with Gasteiger partial charge in [0.1, 0.15) is 6.04 Å². The number of nitrogens with zero attached hydrogens (tertiary/aromatic N) is 3. The predicted octanol–water partition coefficient (Wildman–Crippen LogP) is 2.46. The van der Waals surface area contributed by atoms with Gasteiger partial charge in [0, 0.05) is 51.4 Å². The Morgan fingerprint density at radius 3 is 2.50 bits per heavy atom. The lowest BCUT2D eigenvalue weighted by atomic mass is 9.89. The Hall–Kier alpha value is -2.41. The van der Waals surface area contributed by atoms with Gasteiger partial charge < -0.3 is 9.80 Å². The molecule has 3 fully saturated rings. The molecule has 174 valence electrons. The number of carbonyl (C=O) groups is 3. The first kappa shape index (κ1) is 22.8. The van der Waals surface area contributed by atoms with Crippen LogP contribution in [0.4, 0.5) is 5.69 Å². The standard InChI is InChI=1S/C25H36N4O3/c1-19-7-8-22(28-13-11-27(12-14-28)16-20-5-3-2-4-6-20)15-21(19)17-29(18-30)23-9-10-24(31)26-25(23)32/h7-8,15,18,20,23H,2-6,9-14,16-17H2,1H3,(H,26,31,32). The molecular weight excluding hydrogens is 404 g/mol. The van der Waals surface area contributed by atoms with Crippen LogP contribution in [-0.2, 0) is 20.9 Å². The van der Waals surface area contributed by atoms with Gasteiger partial charge in [-0.2, -0.15) is 0 Å². The van der Waals surface area contributed by atoms with Crippen molar-refractivity contribution in [1.82, 2.24) is 15.1 Å². The van der Waals surface area contributed by atoms with Gasteiger partial charge in [-0.25, -0.2) is 0 Å². The van der Waals surface area contributed by atoms with Crippen LogP contribution in [0.15, 0.2) is 18.2 Å². The molecule has 3 amide bonds. The quantitative estimate of drug-likeness (QED) is 0.521. The Bertz CT molecular complexity index is 828. The predicted molar refractivity (Wildman–Crippen MR) is 124 cm³/mol. The Balaban J connectivity index is 1.36. The fraction of sp³-hybridized carbons (Fsp3) is 0.640. The van der Waals surface area contributed by atoms with Crippen molar-refractivity contribution < 1.29 is 14.4 Å². The lowest BCUT2D eigenvalue weighted by Gasteiger charge is -2.38. The molecule has 32 heavy (non-hydrogen) atoms. The molecule has 1 unspecified atom stereocenters. The number of anilines is 1. The zero-order valence-electron chi connectivity index (χ0n) is 19.2. The van der Waals surface area contributed by atoms with E-state index in [1.165, 1.54) is 49.2 Å². The number of hydrogen-bond acceptors (Lipinski definition) is 5. The Morgan fingerprint density at radius 2 is 1.81 bits per heavy atom. The fourth-order valence-electron chi connectivity index (χ4n) is 5.36. The molecule has 1 atom stereocenters. The van der Waals surface area contributed by atoms with E-state index in [-0.39, 0.29) is 18.2 Å². The van der Waals surface area contributed by atoms with E-state index in [1.54, 1.807) is 0 Å². The van der Waals surface area contributed by atoms with Crippen LogP contribution in [0.1, 0.15) is 56.1 Å². The highest BCUT2D eigenvalue weighted by atomic mass is 16.2. The summed E-state index contributed by atoms with van der Waals surface area (Å²) in [7, 11) is 0. The van der Waals surface area contributed by atoms with Gasteiger partial charge >= 0.3 is 0 Å². The Morgan fingerprint density at radius 1 is 1.06 bits per heavy atom. The van der Waals surface area contributed by atoms with Crippen LogP contribution in [0.2, 0.25) is 0 Å². The van der Waals surface area contributed by atoms with E-state index in [0.717, 1.165) is 49.6 Å². The molecule has 0 aromatic heterocycles. The van der Waals surface area contributed by atoms with Gasteiger partial charge in [-0.15, -0.1) is 0 Å². The molecule has 0 spiro atoms. The largest absolute Gasteiger partial charge is 0.369 e. The second-order valence-electron chi connectivity index (χ2n) is 9.65. The van der Waals surface area contributed by atoms with Gasteiger partial charge in [-0.05, 0) is 55.4 Å². The summed E-state index contributed by atoms with van der Waals surface area (Å²) in [6.45, 7) is 7.87. The van der Waals surface area contributed by atoms with Gasteiger partial charge in [0.25, 0.3) is 0 Å². The third kappa shape index (κ3) is 5.49. The molecule has 2 heterocycles. The van der Waals surface area contributed by atoms with Gasteiger partial charge in [0.05, 0.1) is 0 Å². The molecule has 1 aromatic rings. The molecule has 7 nitrogen and oxygen atoms in total. The van der Waals surface area contributed by atoms with Crippen molar-refractivity contribution in [3.8, 4) is 0 Å². The van der Waals surface area contributed by atoms with Crippen molar-refractivity contribution in [2.45, 2.75) is 64.5 Å². The number of imide groups is 1. The molecule has 1 N–H and O–H groups in total. The van der Waals surface area contributed by atoms with E-state index in [0.29, 0.717) is 13.0 Å². The molecule has 1 aromatic carbocycles. The summed E-state index contributed by atoms with van der Waals surface area (Å²) in [6.07, 6.45) is 8.36. The first-order valence-electron chi connectivity index (χ1n) is 12.1. The van der Waals surface area contributed by atoms with Crippen molar-refractivity contribution in [3.63, 3.8) is 0 Å². The second kappa shape index (κ2) is 10.5. The number of nitrogens with one attached hydrogen (secondary N) is 1. The van der Waals surface area contributed by atoms with E-state index in [2.05, 4.69) is 33.3 Å². The zero-order chi connectivity index (χ0) is 22.5. The number of carbonyl (C=O) groups excluding carboxylic acids is 3. The zero-order valence-corrected chi connectivity index (χ0v) is 19.2. The molecule has 2 saturated heterocycles. The van der Waals surface area contributed by atoms with Crippen molar-refractivity contribution >= 4 is 23.9 Å². The summed E-state index contributed by atoms with van der Waals surface area (Å²) in [6, 6.07) is 5.84. The second-order valence-corrected chi connectivity index (χ2v) is 9.65. The first-order chi connectivity index (χ1) is 15.5. The van der Waals surface area contributed by atoms with Crippen molar-refractivity contribution in [2.24, 2.45) is 5.92 Å². The van der Waals surface area contributed by atoms with Crippen LogP contribution in [0.25, 0.3) is 0 Å². The van der Waals surface area contributed by atoms with Crippen molar-refractivity contribution in [3.05, 3.63) is 29.3 Å². The van der Waals surface area contributed by atoms with E-state index < -0.39 is 6.04 Å². The fourth-order valence-corrected chi connectivity index (χ4v) is 5.36. The SMILES string of the molecule is Cc1ccc(N2CCN(CC3CCCCC3)CC2)cc1CN(C=O)C1CCC(=O)NC1=O. The van der Waals surface area contributed by atoms with E-state index >= 15 is 0 Å². The average Bonchev–Trinajstić information content (AvgIpc) is 2.80. The highest BCUT2D eigenvalue weighted by Gasteiger charge is 2.31. The van der Waals surface area contributed by atoms with Crippen LogP contribution < -0.4 is 10.2 Å². The van der Waals surface area contributed by atoms with Crippen LogP contribution in [-0.4, -0.2) is 66.8 Å². The summed E-state index contributed by atoms with van der Waals surface area (Å²) in [4.78, 5) is 42.0. The molecule has 0 bridgehead atoms. The first-order valence-corrected chi connectivity index (χ1v) is 12.1. The van der Waals surface area contributed by atoms with Crippen LogP contribution >= 0.6 is 0 Å².